The van der Waals surface area contributed by atoms with Gasteiger partial charge < -0.3 is 11.1 Å². The molecule has 1 saturated carbocycles. The maximum absolute atomic E-state index is 13.4. The monoisotopic (exact) mass is 271 g/mol. The molecule has 0 saturated heterocycles. The Balaban J connectivity index is 2.21. The number of nitrogens with two attached hydrogens (primary N) is 1. The van der Waals surface area contributed by atoms with Crippen molar-refractivity contribution in [1.29, 1.82) is 0 Å². The molecule has 19 heavy (non-hydrogen) atoms. The molecular formula is C12H15F2N3O2. The first-order valence-electron chi connectivity index (χ1n) is 6.13. The fourth-order valence-corrected chi connectivity index (χ4v) is 2.35. The van der Waals surface area contributed by atoms with Crippen molar-refractivity contribution >= 4 is 11.4 Å². The standard InChI is InChI=1S/C12H15F2N3O2/c13-7-5-10(14)12(17(18)19)11(6-7)16-9-3-1-8(15)2-4-9/h5-6,8-9,16H,1-4,15H2. The highest BCUT2D eigenvalue weighted by Crippen LogP contribution is 2.31. The highest BCUT2D eigenvalue weighted by molar-refractivity contribution is 5.62. The molecule has 1 aliphatic rings. The SMILES string of the molecule is NC1CCC(Nc2cc(F)cc(F)c2[N+](=O)[O-])CC1. The molecule has 0 amide bonds. The Morgan fingerprint density at radius 1 is 1.26 bits per heavy atom. The summed E-state index contributed by atoms with van der Waals surface area (Å²) in [5.41, 5.74) is 4.94. The number of nitro benzene ring substituents is 1. The summed E-state index contributed by atoms with van der Waals surface area (Å²) in [6, 6.07) is 1.56. The molecule has 3 N–H and O–H groups in total. The van der Waals surface area contributed by atoms with Crippen LogP contribution >= 0.6 is 0 Å². The van der Waals surface area contributed by atoms with Crippen molar-refractivity contribution in [1.82, 2.24) is 0 Å². The molecule has 5 nitrogen and oxygen atoms in total. The van der Waals surface area contributed by atoms with Crippen LogP contribution in [0.25, 0.3) is 0 Å². The molecule has 0 heterocycles. The van der Waals surface area contributed by atoms with Crippen molar-refractivity contribution in [2.24, 2.45) is 5.73 Å². The van der Waals surface area contributed by atoms with Crippen LogP contribution in [-0.4, -0.2) is 17.0 Å². The lowest BCUT2D eigenvalue weighted by Crippen LogP contribution is -2.33. The Hall–Kier alpha value is -1.76. The third kappa shape index (κ3) is 3.17. The van der Waals surface area contributed by atoms with Crippen molar-refractivity contribution in [3.63, 3.8) is 0 Å². The van der Waals surface area contributed by atoms with Gasteiger partial charge in [-0.3, -0.25) is 10.1 Å². The van der Waals surface area contributed by atoms with Gasteiger partial charge in [-0.1, -0.05) is 0 Å². The molecule has 0 unspecified atom stereocenters. The summed E-state index contributed by atoms with van der Waals surface area (Å²) in [5.74, 6) is -2.00. The Morgan fingerprint density at radius 3 is 2.47 bits per heavy atom. The Bertz CT molecular complexity index is 488. The van der Waals surface area contributed by atoms with Gasteiger partial charge in [0.05, 0.1) is 4.92 Å². The normalized spacial score (nSPS) is 23.1. The molecule has 2 rings (SSSR count). The highest BCUT2D eigenvalue weighted by Gasteiger charge is 2.25. The van der Waals surface area contributed by atoms with Crippen molar-refractivity contribution < 1.29 is 13.7 Å². The van der Waals surface area contributed by atoms with E-state index in [1.54, 1.807) is 0 Å². The van der Waals surface area contributed by atoms with Crippen LogP contribution in [-0.2, 0) is 0 Å². The van der Waals surface area contributed by atoms with Crippen molar-refractivity contribution in [2.45, 2.75) is 37.8 Å². The second kappa shape index (κ2) is 5.48. The molecule has 7 heteroatoms. The van der Waals surface area contributed by atoms with Crippen LogP contribution in [0.15, 0.2) is 12.1 Å². The fraction of sp³-hybridized carbons (Fsp3) is 0.500. The molecule has 1 aromatic carbocycles. The lowest BCUT2D eigenvalue weighted by Gasteiger charge is -2.27. The van der Waals surface area contributed by atoms with Crippen LogP contribution < -0.4 is 11.1 Å². The van der Waals surface area contributed by atoms with E-state index < -0.39 is 22.2 Å². The highest BCUT2D eigenvalue weighted by atomic mass is 19.1. The smallest absolute Gasteiger partial charge is 0.327 e. The van der Waals surface area contributed by atoms with E-state index >= 15 is 0 Å². The zero-order valence-corrected chi connectivity index (χ0v) is 10.2. The number of nitro groups is 1. The van der Waals surface area contributed by atoms with Crippen molar-refractivity contribution in [3.8, 4) is 0 Å². The van der Waals surface area contributed by atoms with E-state index in [4.69, 9.17) is 5.73 Å². The minimum atomic E-state index is -1.17. The minimum Gasteiger partial charge on any atom is -0.377 e. The van der Waals surface area contributed by atoms with Gasteiger partial charge in [0, 0.05) is 24.2 Å². The Labute approximate surface area is 108 Å². The van der Waals surface area contributed by atoms with Gasteiger partial charge >= 0.3 is 5.69 Å². The predicted octanol–water partition coefficient (Wildman–Crippen LogP) is 2.55. The predicted molar refractivity (Wildman–Crippen MR) is 66.9 cm³/mol. The quantitative estimate of drug-likeness (QED) is 0.654. The van der Waals surface area contributed by atoms with Gasteiger partial charge in [-0.2, -0.15) is 4.39 Å². The number of hydrogen-bond donors (Lipinski definition) is 2. The molecule has 0 spiro atoms. The molecule has 0 radical (unpaired) electrons. The van der Waals surface area contributed by atoms with Crippen molar-refractivity contribution in [3.05, 3.63) is 33.9 Å². The molecule has 104 valence electrons. The van der Waals surface area contributed by atoms with E-state index in [1.807, 2.05) is 0 Å². The molecule has 0 aliphatic heterocycles. The second-order valence-electron chi connectivity index (χ2n) is 4.80. The van der Waals surface area contributed by atoms with Gasteiger partial charge in [0.2, 0.25) is 5.82 Å². The van der Waals surface area contributed by atoms with Gasteiger partial charge in [0.1, 0.15) is 11.5 Å². The number of nitrogens with zero attached hydrogens (tertiary/aromatic N) is 1. The molecule has 1 aromatic rings. The lowest BCUT2D eigenvalue weighted by molar-refractivity contribution is -0.386. The molecule has 1 fully saturated rings. The van der Waals surface area contributed by atoms with Gasteiger partial charge in [-0.15, -0.1) is 0 Å². The van der Waals surface area contributed by atoms with Gasteiger partial charge in [0.15, 0.2) is 0 Å². The van der Waals surface area contributed by atoms with Crippen LogP contribution in [0.5, 0.6) is 0 Å². The summed E-state index contributed by atoms with van der Waals surface area (Å²) in [6.07, 6.45) is 3.05. The summed E-state index contributed by atoms with van der Waals surface area (Å²) < 4.78 is 26.6. The van der Waals surface area contributed by atoms with Crippen LogP contribution in [0.1, 0.15) is 25.7 Å². The van der Waals surface area contributed by atoms with Crippen molar-refractivity contribution in [2.75, 3.05) is 5.32 Å². The molecular weight excluding hydrogens is 256 g/mol. The summed E-state index contributed by atoms with van der Waals surface area (Å²) in [7, 11) is 0. The number of halogens is 2. The van der Waals surface area contributed by atoms with E-state index in [0.29, 0.717) is 6.07 Å². The van der Waals surface area contributed by atoms with Crippen LogP contribution in [0.4, 0.5) is 20.2 Å². The minimum absolute atomic E-state index is 0.0419. The zero-order chi connectivity index (χ0) is 14.0. The van der Waals surface area contributed by atoms with Gasteiger partial charge in [-0.25, -0.2) is 4.39 Å². The largest absolute Gasteiger partial charge is 0.377 e. The summed E-state index contributed by atoms with van der Waals surface area (Å²) in [4.78, 5) is 9.99. The lowest BCUT2D eigenvalue weighted by atomic mass is 9.91. The van der Waals surface area contributed by atoms with E-state index in [0.717, 1.165) is 31.7 Å². The number of nitrogens with one attached hydrogen (secondary N) is 1. The van der Waals surface area contributed by atoms with E-state index in [2.05, 4.69) is 5.32 Å². The molecule has 0 atom stereocenters. The average Bonchev–Trinajstić information content (AvgIpc) is 2.30. The summed E-state index contributed by atoms with van der Waals surface area (Å²) in [5, 5.41) is 13.7. The maximum atomic E-state index is 13.4. The Kier molecular flexibility index (Phi) is 3.94. The average molecular weight is 271 g/mol. The summed E-state index contributed by atoms with van der Waals surface area (Å²) in [6.45, 7) is 0. The zero-order valence-electron chi connectivity index (χ0n) is 10.2. The number of rotatable bonds is 3. The maximum Gasteiger partial charge on any atom is 0.327 e. The third-order valence-electron chi connectivity index (χ3n) is 3.34. The van der Waals surface area contributed by atoms with Crippen LogP contribution in [0.3, 0.4) is 0 Å². The van der Waals surface area contributed by atoms with E-state index in [1.165, 1.54) is 0 Å². The Morgan fingerprint density at radius 2 is 1.89 bits per heavy atom. The number of anilines is 1. The van der Waals surface area contributed by atoms with E-state index in [-0.39, 0.29) is 17.8 Å². The van der Waals surface area contributed by atoms with Gasteiger partial charge in [0.25, 0.3) is 0 Å². The molecule has 1 aliphatic carbocycles. The number of benzene rings is 1. The molecule has 0 bridgehead atoms. The first-order chi connectivity index (χ1) is 8.97. The van der Waals surface area contributed by atoms with Crippen LogP contribution in [0.2, 0.25) is 0 Å². The summed E-state index contributed by atoms with van der Waals surface area (Å²) >= 11 is 0. The first kappa shape index (κ1) is 13.7. The van der Waals surface area contributed by atoms with E-state index in [9.17, 15) is 18.9 Å². The van der Waals surface area contributed by atoms with Crippen LogP contribution in [0, 0.1) is 21.7 Å². The fourth-order valence-electron chi connectivity index (χ4n) is 2.35. The second-order valence-corrected chi connectivity index (χ2v) is 4.80. The first-order valence-corrected chi connectivity index (χ1v) is 6.13. The third-order valence-corrected chi connectivity index (χ3v) is 3.34. The van der Waals surface area contributed by atoms with Gasteiger partial charge in [-0.05, 0) is 25.7 Å². The topological polar surface area (TPSA) is 81.2 Å². The number of hydrogen-bond acceptors (Lipinski definition) is 4. The molecule has 0 aromatic heterocycles.